The van der Waals surface area contributed by atoms with Crippen molar-refractivity contribution in [2.45, 2.75) is 89.8 Å². The Hall–Kier alpha value is -3.27. The molecule has 3 heterocycles. The number of carboxylic acid groups (broad SMARTS) is 1. The lowest BCUT2D eigenvalue weighted by molar-refractivity contribution is -0.293. The van der Waals surface area contributed by atoms with E-state index in [2.05, 4.69) is 9.97 Å². The fourth-order valence-corrected chi connectivity index (χ4v) is 5.23. The largest absolute Gasteiger partial charge is 0.465 e. The zero-order valence-corrected chi connectivity index (χ0v) is 23.2. The van der Waals surface area contributed by atoms with E-state index in [-0.39, 0.29) is 31.3 Å². The van der Waals surface area contributed by atoms with Crippen LogP contribution in [0.5, 0.6) is 0 Å². The van der Waals surface area contributed by atoms with E-state index in [4.69, 9.17) is 0 Å². The number of alkyl halides is 8. The molecular formula is C25H31F8N5O4. The summed E-state index contributed by atoms with van der Waals surface area (Å²) in [5.74, 6) is -9.14. The van der Waals surface area contributed by atoms with Crippen LogP contribution in [0.25, 0.3) is 0 Å². The molecule has 2 aliphatic heterocycles. The van der Waals surface area contributed by atoms with Crippen molar-refractivity contribution in [3.05, 3.63) is 22.8 Å². The minimum absolute atomic E-state index is 0.108. The molecule has 2 atom stereocenters. The average Bonchev–Trinajstić information content (AvgIpc) is 2.82. The highest BCUT2D eigenvalue weighted by atomic mass is 19.4. The Morgan fingerprint density at radius 1 is 1.05 bits per heavy atom. The maximum atomic E-state index is 14.0. The second kappa shape index (κ2) is 11.4. The van der Waals surface area contributed by atoms with Crippen LogP contribution in [0.2, 0.25) is 0 Å². The Labute approximate surface area is 235 Å². The van der Waals surface area contributed by atoms with Crippen LogP contribution in [0.3, 0.4) is 0 Å². The molecule has 3 rings (SSSR count). The maximum Gasteiger partial charge on any atom is 0.461 e. The summed E-state index contributed by atoms with van der Waals surface area (Å²) in [6, 6.07) is -1.10. The average molecular weight is 618 g/mol. The fraction of sp³-hybridized carbons (Fsp3) is 0.720. The van der Waals surface area contributed by atoms with Gasteiger partial charge >= 0.3 is 24.4 Å². The number of carbonyl (C=O) groups is 3. The van der Waals surface area contributed by atoms with Crippen molar-refractivity contribution < 1.29 is 54.6 Å². The third-order valence-electron chi connectivity index (χ3n) is 7.19. The van der Waals surface area contributed by atoms with Gasteiger partial charge in [0.1, 0.15) is 0 Å². The van der Waals surface area contributed by atoms with Gasteiger partial charge in [0.15, 0.2) is 5.69 Å². The zero-order valence-electron chi connectivity index (χ0n) is 23.2. The highest BCUT2D eigenvalue weighted by Crippen LogP contribution is 2.44. The lowest BCUT2D eigenvalue weighted by Gasteiger charge is -2.43. The molecule has 1 saturated heterocycles. The summed E-state index contributed by atoms with van der Waals surface area (Å²) in [7, 11) is 0. The number of aromatic nitrogens is 2. The Bertz CT molecular complexity index is 1210. The molecule has 1 fully saturated rings. The highest BCUT2D eigenvalue weighted by Gasteiger charge is 2.62. The number of amides is 3. The molecule has 0 radical (unpaired) electrons. The van der Waals surface area contributed by atoms with Gasteiger partial charge in [-0.25, -0.2) is 14.8 Å². The van der Waals surface area contributed by atoms with E-state index in [1.807, 2.05) is 6.92 Å². The van der Waals surface area contributed by atoms with Gasteiger partial charge in [0.05, 0.1) is 18.3 Å². The Balaban J connectivity index is 1.96. The molecule has 1 aromatic heterocycles. The van der Waals surface area contributed by atoms with Gasteiger partial charge in [-0.3, -0.25) is 14.5 Å². The van der Waals surface area contributed by atoms with Gasteiger partial charge in [-0.15, -0.1) is 0 Å². The second-order valence-corrected chi connectivity index (χ2v) is 11.6. The van der Waals surface area contributed by atoms with Crippen molar-refractivity contribution in [2.24, 2.45) is 5.92 Å². The molecule has 0 bridgehead atoms. The first kappa shape index (κ1) is 33.2. The molecule has 17 heteroatoms. The molecule has 0 spiro atoms. The van der Waals surface area contributed by atoms with Crippen LogP contribution in [-0.4, -0.2) is 85.1 Å². The Kier molecular flexibility index (Phi) is 9.05. The van der Waals surface area contributed by atoms with Gasteiger partial charge in [0, 0.05) is 43.6 Å². The van der Waals surface area contributed by atoms with E-state index in [0.717, 1.165) is 9.80 Å². The molecule has 0 aliphatic carbocycles. The summed E-state index contributed by atoms with van der Waals surface area (Å²) in [5.41, 5.74) is -4.53. The van der Waals surface area contributed by atoms with Gasteiger partial charge in [-0.2, -0.15) is 35.1 Å². The van der Waals surface area contributed by atoms with Crippen molar-refractivity contribution in [3.63, 3.8) is 0 Å². The molecule has 0 unspecified atom stereocenters. The number of rotatable bonds is 6. The van der Waals surface area contributed by atoms with Crippen molar-refractivity contribution in [2.75, 3.05) is 19.6 Å². The summed E-state index contributed by atoms with van der Waals surface area (Å²) in [6.45, 7) is 5.52. The minimum atomic E-state index is -6.28. The molecule has 236 valence electrons. The summed E-state index contributed by atoms with van der Waals surface area (Å²) in [5, 5.41) is 9.97. The van der Waals surface area contributed by atoms with Crippen LogP contribution in [-0.2, 0) is 34.7 Å². The van der Waals surface area contributed by atoms with E-state index in [1.54, 1.807) is 20.8 Å². The fourth-order valence-electron chi connectivity index (χ4n) is 5.23. The first-order chi connectivity index (χ1) is 19.0. The Morgan fingerprint density at radius 2 is 1.67 bits per heavy atom. The molecule has 9 nitrogen and oxygen atoms in total. The van der Waals surface area contributed by atoms with Crippen molar-refractivity contribution in [1.82, 2.24) is 24.7 Å². The maximum absolute atomic E-state index is 14.0. The monoisotopic (exact) mass is 617 g/mol. The molecule has 1 aromatic rings. The second-order valence-electron chi connectivity index (χ2n) is 11.6. The third kappa shape index (κ3) is 7.02. The molecule has 0 aromatic carbocycles. The SMILES string of the molecule is C[C@@H]1CCC(=O)N(C[C@H](CC(=O)N2CCc3c(nc(C(F)(F)C(F)(F)F)nc3C(F)(F)F)C2)N(C(=O)O)C(C)(C)C)C1. The van der Waals surface area contributed by atoms with E-state index < -0.39 is 84.0 Å². The van der Waals surface area contributed by atoms with Gasteiger partial charge in [-0.1, -0.05) is 6.92 Å². The third-order valence-corrected chi connectivity index (χ3v) is 7.19. The molecule has 0 saturated carbocycles. The van der Waals surface area contributed by atoms with Gasteiger partial charge < -0.3 is 14.9 Å². The van der Waals surface area contributed by atoms with Gasteiger partial charge in [0.2, 0.25) is 17.6 Å². The molecule has 1 N–H and O–H groups in total. The summed E-state index contributed by atoms with van der Waals surface area (Å²) in [4.78, 5) is 47.2. The number of halogens is 8. The van der Waals surface area contributed by atoms with E-state index >= 15 is 0 Å². The summed E-state index contributed by atoms with van der Waals surface area (Å²) in [6.07, 6.45) is -13.3. The summed E-state index contributed by atoms with van der Waals surface area (Å²) < 4.78 is 108. The highest BCUT2D eigenvalue weighted by molar-refractivity contribution is 5.79. The molecule has 2 aliphatic rings. The number of likely N-dealkylation sites (tertiary alicyclic amines) is 1. The van der Waals surface area contributed by atoms with E-state index in [0.29, 0.717) is 13.0 Å². The molecule has 42 heavy (non-hydrogen) atoms. The standard InChI is InChI=1S/C25H31F8N5O4/c1-13-5-6-17(39)37(10-13)11-14(38(21(41)42)22(2,3)4)9-18(40)36-8-7-15-16(12-36)34-20(23(26,27)25(31,32)33)35-19(15)24(28,29)30/h13-14H,5-12H2,1-4H3,(H,41,42)/t13-,14+/m1/s1. The number of nitrogens with zero attached hydrogens (tertiary/aromatic N) is 5. The normalized spacial score (nSPS) is 19.4. The first-order valence-electron chi connectivity index (χ1n) is 13.0. The van der Waals surface area contributed by atoms with Crippen molar-refractivity contribution in [3.8, 4) is 0 Å². The molecular weight excluding hydrogens is 586 g/mol. The van der Waals surface area contributed by atoms with Crippen molar-refractivity contribution >= 4 is 17.9 Å². The van der Waals surface area contributed by atoms with Crippen LogP contribution in [0, 0.1) is 5.92 Å². The number of hydrogen-bond donors (Lipinski definition) is 1. The quantitative estimate of drug-likeness (QED) is 0.459. The first-order valence-corrected chi connectivity index (χ1v) is 13.0. The number of carbonyl (C=O) groups excluding carboxylic acids is 2. The van der Waals surface area contributed by atoms with Crippen LogP contribution >= 0.6 is 0 Å². The lowest BCUT2D eigenvalue weighted by atomic mass is 9.96. The predicted octanol–water partition coefficient (Wildman–Crippen LogP) is 4.83. The van der Waals surface area contributed by atoms with Gasteiger partial charge in [0.25, 0.3) is 0 Å². The topological polar surface area (TPSA) is 107 Å². The van der Waals surface area contributed by atoms with E-state index in [9.17, 15) is 54.6 Å². The van der Waals surface area contributed by atoms with Crippen LogP contribution in [0.1, 0.15) is 69.7 Å². The molecule has 3 amide bonds. The number of piperidine rings is 1. The van der Waals surface area contributed by atoms with Crippen LogP contribution in [0.4, 0.5) is 39.9 Å². The minimum Gasteiger partial charge on any atom is -0.465 e. The van der Waals surface area contributed by atoms with Crippen LogP contribution in [0.15, 0.2) is 0 Å². The zero-order chi connectivity index (χ0) is 32.0. The smallest absolute Gasteiger partial charge is 0.461 e. The lowest BCUT2D eigenvalue weighted by Crippen LogP contribution is -2.57. The van der Waals surface area contributed by atoms with Crippen LogP contribution < -0.4 is 0 Å². The van der Waals surface area contributed by atoms with E-state index in [1.165, 1.54) is 4.90 Å². The number of hydrogen-bond acceptors (Lipinski definition) is 5. The summed E-state index contributed by atoms with van der Waals surface area (Å²) >= 11 is 0. The van der Waals surface area contributed by atoms with Crippen molar-refractivity contribution in [1.29, 1.82) is 0 Å². The van der Waals surface area contributed by atoms with Gasteiger partial charge in [-0.05, 0) is 39.5 Å². The predicted molar refractivity (Wildman–Crippen MR) is 129 cm³/mol. The number of fused-ring (bicyclic) bond motifs is 1. The Morgan fingerprint density at radius 3 is 2.19 bits per heavy atom.